The minimum Gasteiger partial charge on any atom is -0.379 e. The molecule has 0 unspecified atom stereocenters. The number of alkyl halides is 6. The molecule has 2 aliphatic heterocycles. The Balaban J connectivity index is 1.13. The van der Waals surface area contributed by atoms with Crippen molar-refractivity contribution in [2.45, 2.75) is 50.2 Å². The summed E-state index contributed by atoms with van der Waals surface area (Å²) in [6, 6.07) is -0.246. The zero-order chi connectivity index (χ0) is 27.9. The largest absolute Gasteiger partial charge is 0.435 e. The number of hydrogen-bond acceptors (Lipinski definition) is 8. The minimum atomic E-state index is -4.83. The summed E-state index contributed by atoms with van der Waals surface area (Å²) >= 11 is 0. The SMILES string of the molecule is O=C(CCOCCn1nc(C(F)(F)F)c2c(=O)[nH]ncc21)N1CC[C@@H]2[C@H]1CCN2c1ncc(C(F)(F)F)cn1. The van der Waals surface area contributed by atoms with Crippen LogP contribution in [0, 0.1) is 0 Å². The summed E-state index contributed by atoms with van der Waals surface area (Å²) in [5.74, 6) is 0.0162. The number of carbonyl (C=O) groups excluding carboxylic acids is 1. The number of hydrogen-bond donors (Lipinski definition) is 1. The lowest BCUT2D eigenvalue weighted by atomic mass is 10.1. The fraction of sp³-hybridized carbons (Fsp3) is 0.545. The molecule has 0 bridgehead atoms. The van der Waals surface area contributed by atoms with Gasteiger partial charge in [0, 0.05) is 25.5 Å². The van der Waals surface area contributed by atoms with Crippen molar-refractivity contribution >= 4 is 22.8 Å². The molecule has 210 valence electrons. The number of halogens is 6. The Morgan fingerprint density at radius 3 is 2.41 bits per heavy atom. The standard InChI is InChI=1S/C22H22F6N8O3/c23-21(24,25)12-9-29-20(30-10-12)35-5-2-13-14(35)1-4-34(13)16(37)3-7-39-8-6-36-15-11-31-32-19(38)17(15)18(33-36)22(26,27)28/h9-11,13-14H,1-8H2,(H,32,38)/t13-,14-/m1/s1. The molecule has 5 heterocycles. The molecular weight excluding hydrogens is 538 g/mol. The summed E-state index contributed by atoms with van der Waals surface area (Å²) in [5, 5.41) is 8.40. The van der Waals surface area contributed by atoms with E-state index >= 15 is 0 Å². The Bertz CT molecular complexity index is 1400. The molecule has 2 atom stereocenters. The van der Waals surface area contributed by atoms with E-state index in [2.05, 4.69) is 20.2 Å². The topological polar surface area (TPSA) is 122 Å². The first kappa shape index (κ1) is 26.8. The Morgan fingerprint density at radius 2 is 1.72 bits per heavy atom. The van der Waals surface area contributed by atoms with Crippen LogP contribution in [0.5, 0.6) is 0 Å². The average molecular weight is 560 g/mol. The molecule has 2 fully saturated rings. The van der Waals surface area contributed by atoms with Gasteiger partial charge >= 0.3 is 12.4 Å². The maximum atomic E-state index is 13.3. The third-order valence-corrected chi connectivity index (χ3v) is 6.87. The van der Waals surface area contributed by atoms with Crippen molar-refractivity contribution in [3.05, 3.63) is 40.2 Å². The minimum absolute atomic E-state index is 0.0165. The molecule has 17 heteroatoms. The normalized spacial score (nSPS) is 19.7. The van der Waals surface area contributed by atoms with E-state index in [4.69, 9.17) is 4.74 Å². The molecule has 0 aromatic carbocycles. The van der Waals surface area contributed by atoms with Gasteiger partial charge in [0.25, 0.3) is 5.56 Å². The maximum absolute atomic E-state index is 13.3. The second-order valence-corrected chi connectivity index (χ2v) is 9.15. The van der Waals surface area contributed by atoms with Gasteiger partial charge in [-0.05, 0) is 12.8 Å². The highest BCUT2D eigenvalue weighted by molar-refractivity contribution is 5.80. The first-order valence-electron chi connectivity index (χ1n) is 12.0. The predicted octanol–water partition coefficient (Wildman–Crippen LogP) is 2.23. The molecule has 3 aromatic rings. The highest BCUT2D eigenvalue weighted by atomic mass is 19.4. The van der Waals surface area contributed by atoms with Crippen molar-refractivity contribution in [1.29, 1.82) is 0 Å². The Morgan fingerprint density at radius 1 is 1.00 bits per heavy atom. The van der Waals surface area contributed by atoms with E-state index in [1.54, 1.807) is 4.90 Å². The van der Waals surface area contributed by atoms with Gasteiger partial charge < -0.3 is 14.5 Å². The summed E-state index contributed by atoms with van der Waals surface area (Å²) in [5.41, 5.74) is -3.34. The molecule has 0 radical (unpaired) electrons. The van der Waals surface area contributed by atoms with Crippen LogP contribution in [0.25, 0.3) is 10.9 Å². The van der Waals surface area contributed by atoms with Crippen LogP contribution < -0.4 is 10.5 Å². The summed E-state index contributed by atoms with van der Waals surface area (Å²) < 4.78 is 84.7. The Labute approximate surface area is 215 Å². The number of nitrogens with one attached hydrogen (secondary N) is 1. The van der Waals surface area contributed by atoms with Gasteiger partial charge in [0.2, 0.25) is 11.9 Å². The fourth-order valence-corrected chi connectivity index (χ4v) is 5.12. The molecule has 0 aliphatic carbocycles. The monoisotopic (exact) mass is 560 g/mol. The zero-order valence-corrected chi connectivity index (χ0v) is 20.2. The van der Waals surface area contributed by atoms with Crippen molar-refractivity contribution < 1.29 is 35.9 Å². The number of aromatic amines is 1. The lowest BCUT2D eigenvalue weighted by Gasteiger charge is -2.25. The van der Waals surface area contributed by atoms with E-state index in [9.17, 15) is 35.9 Å². The molecule has 1 N–H and O–H groups in total. The van der Waals surface area contributed by atoms with Crippen molar-refractivity contribution in [1.82, 2.24) is 34.8 Å². The molecule has 5 rings (SSSR count). The first-order valence-corrected chi connectivity index (χ1v) is 12.0. The summed E-state index contributed by atoms with van der Waals surface area (Å²) in [6.07, 6.45) is -5.52. The highest BCUT2D eigenvalue weighted by Gasteiger charge is 2.45. The highest BCUT2D eigenvalue weighted by Crippen LogP contribution is 2.35. The van der Waals surface area contributed by atoms with Gasteiger partial charge in [-0.1, -0.05) is 0 Å². The van der Waals surface area contributed by atoms with Crippen molar-refractivity contribution in [2.75, 3.05) is 31.2 Å². The molecule has 0 spiro atoms. The van der Waals surface area contributed by atoms with E-state index < -0.39 is 34.6 Å². The van der Waals surface area contributed by atoms with Crippen LogP contribution in [0.4, 0.5) is 32.3 Å². The number of H-pyrrole nitrogens is 1. The number of carbonyl (C=O) groups is 1. The molecule has 39 heavy (non-hydrogen) atoms. The lowest BCUT2D eigenvalue weighted by Crippen LogP contribution is -2.40. The van der Waals surface area contributed by atoms with E-state index in [0.717, 1.165) is 23.3 Å². The second kappa shape index (κ2) is 10.1. The van der Waals surface area contributed by atoms with Gasteiger partial charge in [0.1, 0.15) is 5.39 Å². The molecule has 0 saturated carbocycles. The van der Waals surface area contributed by atoms with Crippen LogP contribution in [0.1, 0.15) is 30.5 Å². The third-order valence-electron chi connectivity index (χ3n) is 6.87. The van der Waals surface area contributed by atoms with Crippen LogP contribution in [-0.2, 0) is 28.4 Å². The fourth-order valence-electron chi connectivity index (χ4n) is 5.12. The molecule has 11 nitrogen and oxygen atoms in total. The lowest BCUT2D eigenvalue weighted by molar-refractivity contribution is -0.140. The third kappa shape index (κ3) is 5.26. The van der Waals surface area contributed by atoms with E-state index in [-0.39, 0.29) is 55.6 Å². The smallest absolute Gasteiger partial charge is 0.379 e. The van der Waals surface area contributed by atoms with Crippen LogP contribution in [0.15, 0.2) is 23.4 Å². The van der Waals surface area contributed by atoms with Crippen molar-refractivity contribution in [2.24, 2.45) is 0 Å². The van der Waals surface area contributed by atoms with Gasteiger partial charge in [0.05, 0.1) is 55.5 Å². The summed E-state index contributed by atoms with van der Waals surface area (Å²) in [6.45, 7) is 0.826. The predicted molar refractivity (Wildman–Crippen MR) is 121 cm³/mol. The summed E-state index contributed by atoms with van der Waals surface area (Å²) in [7, 11) is 0. The number of aromatic nitrogens is 6. The van der Waals surface area contributed by atoms with Crippen LogP contribution in [-0.4, -0.2) is 79.1 Å². The molecular formula is C22H22F6N8O3. The molecule has 2 saturated heterocycles. The molecule has 1 amide bonds. The quantitative estimate of drug-likeness (QED) is 0.345. The Hall–Kier alpha value is -3.76. The number of amides is 1. The summed E-state index contributed by atoms with van der Waals surface area (Å²) in [4.78, 5) is 36.0. The van der Waals surface area contributed by atoms with Crippen LogP contribution >= 0.6 is 0 Å². The Kier molecular flexibility index (Phi) is 6.94. The first-order chi connectivity index (χ1) is 18.4. The van der Waals surface area contributed by atoms with Gasteiger partial charge in [-0.2, -0.15) is 36.5 Å². The second-order valence-electron chi connectivity index (χ2n) is 9.15. The van der Waals surface area contributed by atoms with Gasteiger partial charge in [0.15, 0.2) is 5.69 Å². The molecule has 3 aromatic heterocycles. The maximum Gasteiger partial charge on any atom is 0.435 e. The van der Waals surface area contributed by atoms with E-state index in [0.29, 0.717) is 25.9 Å². The van der Waals surface area contributed by atoms with Gasteiger partial charge in [-0.15, -0.1) is 0 Å². The zero-order valence-electron chi connectivity index (χ0n) is 20.2. The van der Waals surface area contributed by atoms with E-state index in [1.807, 2.05) is 10.00 Å². The van der Waals surface area contributed by atoms with Crippen molar-refractivity contribution in [3.63, 3.8) is 0 Å². The average Bonchev–Trinajstić information content (AvgIpc) is 3.57. The molecule has 2 aliphatic rings. The number of rotatable bonds is 7. The van der Waals surface area contributed by atoms with Crippen molar-refractivity contribution in [3.8, 4) is 0 Å². The van der Waals surface area contributed by atoms with Gasteiger partial charge in [-0.25, -0.2) is 15.1 Å². The van der Waals surface area contributed by atoms with Crippen LogP contribution in [0.3, 0.4) is 0 Å². The number of nitrogens with zero attached hydrogens (tertiary/aromatic N) is 7. The van der Waals surface area contributed by atoms with Crippen LogP contribution in [0.2, 0.25) is 0 Å². The number of anilines is 1. The number of fused-ring (bicyclic) bond motifs is 2. The number of ether oxygens (including phenoxy) is 1. The van der Waals surface area contributed by atoms with E-state index in [1.165, 1.54) is 0 Å². The van der Waals surface area contributed by atoms with Gasteiger partial charge in [-0.3, -0.25) is 14.3 Å². The number of likely N-dealkylation sites (tertiary alicyclic amines) is 1.